The molecule has 0 aliphatic rings. The van der Waals surface area contributed by atoms with Gasteiger partial charge in [-0.15, -0.1) is 0 Å². The van der Waals surface area contributed by atoms with Crippen molar-refractivity contribution in [3.63, 3.8) is 0 Å². The zero-order chi connectivity index (χ0) is 12.8. The van der Waals surface area contributed by atoms with Gasteiger partial charge in [0.15, 0.2) is 0 Å². The second-order valence-electron chi connectivity index (χ2n) is 4.32. The number of carbonyl (C=O) groups excluding carboxylic acids is 1. The molecule has 1 amide bonds. The molecule has 0 radical (unpaired) electrons. The van der Waals surface area contributed by atoms with E-state index in [9.17, 15) is 4.79 Å². The standard InChI is InChI=1S/C13H20N2O2/c1-9(8-16)15-13(17)10(2)12(14)11-6-4-3-5-7-11/h3-7,9-10,12,16H,8,14H2,1-2H3,(H,15,17)/t9-,10?,12?/m0/s1. The number of benzene rings is 1. The molecule has 0 saturated carbocycles. The summed E-state index contributed by atoms with van der Waals surface area (Å²) >= 11 is 0. The van der Waals surface area contributed by atoms with E-state index >= 15 is 0 Å². The Morgan fingerprint density at radius 1 is 1.35 bits per heavy atom. The van der Waals surface area contributed by atoms with Crippen LogP contribution >= 0.6 is 0 Å². The second kappa shape index (κ2) is 6.37. The van der Waals surface area contributed by atoms with Gasteiger partial charge in [0, 0.05) is 12.1 Å². The van der Waals surface area contributed by atoms with Gasteiger partial charge in [-0.05, 0) is 12.5 Å². The molecule has 1 rings (SSSR count). The van der Waals surface area contributed by atoms with E-state index in [0.29, 0.717) is 0 Å². The molecule has 0 saturated heterocycles. The van der Waals surface area contributed by atoms with Crippen molar-refractivity contribution in [1.82, 2.24) is 5.32 Å². The van der Waals surface area contributed by atoms with Gasteiger partial charge in [0.1, 0.15) is 0 Å². The molecule has 0 heterocycles. The van der Waals surface area contributed by atoms with Crippen LogP contribution < -0.4 is 11.1 Å². The van der Waals surface area contributed by atoms with E-state index in [4.69, 9.17) is 10.8 Å². The van der Waals surface area contributed by atoms with E-state index in [1.807, 2.05) is 30.3 Å². The van der Waals surface area contributed by atoms with Crippen LogP contribution in [0.15, 0.2) is 30.3 Å². The maximum absolute atomic E-state index is 11.8. The maximum Gasteiger partial charge on any atom is 0.225 e. The molecule has 4 heteroatoms. The SMILES string of the molecule is CC(C(=O)N[C@@H](C)CO)C(N)c1ccccc1. The van der Waals surface area contributed by atoms with Gasteiger partial charge in [0.25, 0.3) is 0 Å². The summed E-state index contributed by atoms with van der Waals surface area (Å²) < 4.78 is 0. The average molecular weight is 236 g/mol. The molecule has 0 spiro atoms. The van der Waals surface area contributed by atoms with Gasteiger partial charge in [-0.25, -0.2) is 0 Å². The van der Waals surface area contributed by atoms with Gasteiger partial charge >= 0.3 is 0 Å². The summed E-state index contributed by atoms with van der Waals surface area (Å²) in [6.45, 7) is 3.47. The third-order valence-electron chi connectivity index (χ3n) is 2.80. The molecule has 0 aliphatic heterocycles. The van der Waals surface area contributed by atoms with E-state index in [2.05, 4.69) is 5.32 Å². The lowest BCUT2D eigenvalue weighted by molar-refractivity contribution is -0.126. The number of amides is 1. The number of rotatable bonds is 5. The van der Waals surface area contributed by atoms with Crippen LogP contribution in [0.25, 0.3) is 0 Å². The van der Waals surface area contributed by atoms with Crippen molar-refractivity contribution < 1.29 is 9.90 Å². The Morgan fingerprint density at radius 2 is 1.94 bits per heavy atom. The molecule has 1 aromatic carbocycles. The van der Waals surface area contributed by atoms with Crippen LogP contribution in [0.3, 0.4) is 0 Å². The van der Waals surface area contributed by atoms with E-state index in [-0.39, 0.29) is 30.5 Å². The first-order valence-electron chi connectivity index (χ1n) is 5.78. The van der Waals surface area contributed by atoms with E-state index in [1.54, 1.807) is 13.8 Å². The average Bonchev–Trinajstić information content (AvgIpc) is 2.37. The Kier molecular flexibility index (Phi) is 5.12. The van der Waals surface area contributed by atoms with Crippen molar-refractivity contribution in [2.45, 2.75) is 25.9 Å². The summed E-state index contributed by atoms with van der Waals surface area (Å²) in [6.07, 6.45) is 0. The van der Waals surface area contributed by atoms with Gasteiger partial charge in [-0.3, -0.25) is 4.79 Å². The Bertz CT molecular complexity index is 354. The van der Waals surface area contributed by atoms with Gasteiger partial charge in [-0.2, -0.15) is 0 Å². The molecule has 4 N–H and O–H groups in total. The van der Waals surface area contributed by atoms with Crippen molar-refractivity contribution in [2.24, 2.45) is 11.7 Å². The Balaban J connectivity index is 2.63. The zero-order valence-electron chi connectivity index (χ0n) is 10.3. The highest BCUT2D eigenvalue weighted by atomic mass is 16.3. The fourth-order valence-electron chi connectivity index (χ4n) is 1.55. The monoisotopic (exact) mass is 236 g/mol. The highest BCUT2D eigenvalue weighted by Crippen LogP contribution is 2.19. The molecule has 17 heavy (non-hydrogen) atoms. The predicted octanol–water partition coefficient (Wildman–Crippen LogP) is 0.820. The second-order valence-corrected chi connectivity index (χ2v) is 4.32. The highest BCUT2D eigenvalue weighted by molar-refractivity contribution is 5.79. The predicted molar refractivity (Wildman–Crippen MR) is 67.2 cm³/mol. The van der Waals surface area contributed by atoms with E-state index < -0.39 is 0 Å². The number of hydrogen-bond donors (Lipinski definition) is 3. The third kappa shape index (κ3) is 3.84. The fourth-order valence-corrected chi connectivity index (χ4v) is 1.55. The van der Waals surface area contributed by atoms with Crippen LogP contribution in [-0.2, 0) is 4.79 Å². The molecule has 0 bridgehead atoms. The van der Waals surface area contributed by atoms with Gasteiger partial charge in [0.05, 0.1) is 12.5 Å². The molecule has 0 fully saturated rings. The van der Waals surface area contributed by atoms with Crippen LogP contribution in [0.4, 0.5) is 0 Å². The number of aliphatic hydroxyl groups is 1. The smallest absolute Gasteiger partial charge is 0.225 e. The molecule has 1 aromatic rings. The van der Waals surface area contributed by atoms with Gasteiger partial charge in [-0.1, -0.05) is 37.3 Å². The molecular weight excluding hydrogens is 216 g/mol. The van der Waals surface area contributed by atoms with Crippen LogP contribution in [0.1, 0.15) is 25.5 Å². The number of nitrogens with one attached hydrogen (secondary N) is 1. The van der Waals surface area contributed by atoms with E-state index in [0.717, 1.165) is 5.56 Å². The van der Waals surface area contributed by atoms with Crippen LogP contribution in [0.2, 0.25) is 0 Å². The largest absolute Gasteiger partial charge is 0.394 e. The minimum absolute atomic E-state index is 0.0704. The first kappa shape index (κ1) is 13.7. The van der Waals surface area contributed by atoms with Crippen molar-refractivity contribution >= 4 is 5.91 Å². The zero-order valence-corrected chi connectivity index (χ0v) is 10.3. The van der Waals surface area contributed by atoms with Crippen LogP contribution in [0.5, 0.6) is 0 Å². The lowest BCUT2D eigenvalue weighted by atomic mass is 9.94. The van der Waals surface area contributed by atoms with Crippen molar-refractivity contribution in [3.8, 4) is 0 Å². The number of carbonyl (C=O) groups is 1. The van der Waals surface area contributed by atoms with Gasteiger partial charge < -0.3 is 16.2 Å². The lowest BCUT2D eigenvalue weighted by Gasteiger charge is -2.21. The minimum Gasteiger partial charge on any atom is -0.394 e. The summed E-state index contributed by atoms with van der Waals surface area (Å²) in [5.41, 5.74) is 6.97. The first-order valence-corrected chi connectivity index (χ1v) is 5.78. The topological polar surface area (TPSA) is 75.3 Å². The van der Waals surface area contributed by atoms with Crippen molar-refractivity contribution in [2.75, 3.05) is 6.61 Å². The quantitative estimate of drug-likeness (QED) is 0.708. The van der Waals surface area contributed by atoms with Crippen molar-refractivity contribution in [3.05, 3.63) is 35.9 Å². The maximum atomic E-state index is 11.8. The molecule has 94 valence electrons. The Hall–Kier alpha value is -1.39. The number of aliphatic hydroxyl groups excluding tert-OH is 1. The fraction of sp³-hybridized carbons (Fsp3) is 0.462. The number of hydrogen-bond acceptors (Lipinski definition) is 3. The normalized spacial score (nSPS) is 16.0. The molecule has 2 unspecified atom stereocenters. The summed E-state index contributed by atoms with van der Waals surface area (Å²) in [5.74, 6) is -0.464. The lowest BCUT2D eigenvalue weighted by Crippen LogP contribution is -2.41. The summed E-state index contributed by atoms with van der Waals surface area (Å²) in [5, 5.41) is 11.6. The molecular formula is C13H20N2O2. The highest BCUT2D eigenvalue weighted by Gasteiger charge is 2.22. The summed E-state index contributed by atoms with van der Waals surface area (Å²) in [6, 6.07) is 8.95. The molecule has 3 atom stereocenters. The molecule has 0 aromatic heterocycles. The summed E-state index contributed by atoms with van der Waals surface area (Å²) in [7, 11) is 0. The van der Waals surface area contributed by atoms with Gasteiger partial charge in [0.2, 0.25) is 5.91 Å². The van der Waals surface area contributed by atoms with E-state index in [1.165, 1.54) is 0 Å². The minimum atomic E-state index is -0.331. The Morgan fingerprint density at radius 3 is 2.47 bits per heavy atom. The number of nitrogens with two attached hydrogens (primary N) is 1. The van der Waals surface area contributed by atoms with Crippen LogP contribution in [0, 0.1) is 5.92 Å². The first-order chi connectivity index (χ1) is 8.06. The summed E-state index contributed by atoms with van der Waals surface area (Å²) in [4.78, 5) is 11.8. The van der Waals surface area contributed by atoms with Crippen molar-refractivity contribution in [1.29, 1.82) is 0 Å². The molecule has 0 aliphatic carbocycles. The van der Waals surface area contributed by atoms with Crippen LogP contribution in [-0.4, -0.2) is 23.7 Å². The third-order valence-corrected chi connectivity index (χ3v) is 2.80. The molecule has 4 nitrogen and oxygen atoms in total. The Labute approximate surface area is 102 Å².